The van der Waals surface area contributed by atoms with Crippen molar-refractivity contribution in [3.8, 4) is 0 Å². The molecule has 0 bridgehead atoms. The molecule has 0 aromatic heterocycles. The van der Waals surface area contributed by atoms with Crippen molar-refractivity contribution in [1.29, 1.82) is 0 Å². The Balaban J connectivity index is 2.48. The number of rotatable bonds is 6. The molecule has 90 valence electrons. The summed E-state index contributed by atoms with van der Waals surface area (Å²) >= 11 is 5.90. The second-order valence-corrected chi connectivity index (χ2v) is 3.96. The zero-order chi connectivity index (χ0) is 12.0. The topological polar surface area (TPSA) is 15.3 Å². The molecule has 1 aromatic carbocycles. The van der Waals surface area contributed by atoms with E-state index in [1.54, 1.807) is 12.1 Å². The van der Waals surface area contributed by atoms with E-state index in [1.807, 2.05) is 0 Å². The number of hydrogen-bond acceptors (Lipinski definition) is 2. The third-order valence-corrected chi connectivity index (χ3v) is 2.90. The second kappa shape index (κ2) is 6.71. The summed E-state index contributed by atoms with van der Waals surface area (Å²) in [6.45, 7) is 7.81. The van der Waals surface area contributed by atoms with Crippen molar-refractivity contribution in [2.75, 3.05) is 31.5 Å². The van der Waals surface area contributed by atoms with Crippen LogP contribution in [0.4, 0.5) is 10.1 Å². The monoisotopic (exact) mass is 244 g/mol. The average Bonchev–Trinajstić information content (AvgIpc) is 2.28. The molecule has 0 aliphatic rings. The number of anilines is 1. The molecule has 0 atom stereocenters. The van der Waals surface area contributed by atoms with Crippen LogP contribution in [0.5, 0.6) is 0 Å². The van der Waals surface area contributed by atoms with E-state index in [0.29, 0.717) is 17.3 Å². The summed E-state index contributed by atoms with van der Waals surface area (Å²) < 4.78 is 13.4. The van der Waals surface area contributed by atoms with Gasteiger partial charge < -0.3 is 10.2 Å². The van der Waals surface area contributed by atoms with Crippen LogP contribution in [0.25, 0.3) is 0 Å². The molecule has 0 heterocycles. The molecule has 0 aliphatic heterocycles. The minimum absolute atomic E-state index is 0.299. The minimum atomic E-state index is -0.299. The molecule has 0 unspecified atom stereocenters. The largest absolute Gasteiger partial charge is 0.380 e. The predicted molar refractivity (Wildman–Crippen MR) is 67.7 cm³/mol. The summed E-state index contributed by atoms with van der Waals surface area (Å²) in [5, 5.41) is 3.46. The zero-order valence-electron chi connectivity index (χ0n) is 9.76. The van der Waals surface area contributed by atoms with E-state index in [4.69, 9.17) is 11.6 Å². The first-order chi connectivity index (χ1) is 7.69. The van der Waals surface area contributed by atoms with Gasteiger partial charge in [-0.05, 0) is 25.2 Å². The quantitative estimate of drug-likeness (QED) is 0.827. The number of nitrogens with one attached hydrogen (secondary N) is 1. The number of benzene rings is 1. The van der Waals surface area contributed by atoms with Gasteiger partial charge in [-0.3, -0.25) is 0 Å². The van der Waals surface area contributed by atoms with Gasteiger partial charge in [-0.1, -0.05) is 31.5 Å². The van der Waals surface area contributed by atoms with Gasteiger partial charge in [0.2, 0.25) is 0 Å². The van der Waals surface area contributed by atoms with Crippen molar-refractivity contribution in [2.24, 2.45) is 0 Å². The lowest BCUT2D eigenvalue weighted by Gasteiger charge is -2.18. The first-order valence-corrected chi connectivity index (χ1v) is 5.97. The van der Waals surface area contributed by atoms with E-state index in [-0.39, 0.29) is 5.82 Å². The van der Waals surface area contributed by atoms with Crippen molar-refractivity contribution in [1.82, 2.24) is 4.90 Å². The lowest BCUT2D eigenvalue weighted by atomic mass is 10.3. The van der Waals surface area contributed by atoms with E-state index >= 15 is 0 Å². The van der Waals surface area contributed by atoms with Crippen LogP contribution < -0.4 is 5.32 Å². The van der Waals surface area contributed by atoms with Gasteiger partial charge in [-0.25, -0.2) is 4.39 Å². The zero-order valence-corrected chi connectivity index (χ0v) is 10.5. The van der Waals surface area contributed by atoms with Crippen LogP contribution in [0.1, 0.15) is 13.8 Å². The molecule has 0 fully saturated rings. The van der Waals surface area contributed by atoms with Gasteiger partial charge in [-0.2, -0.15) is 0 Å². The Kier molecular flexibility index (Phi) is 5.56. The Hall–Kier alpha value is -0.800. The van der Waals surface area contributed by atoms with E-state index < -0.39 is 0 Å². The molecule has 0 saturated carbocycles. The molecule has 16 heavy (non-hydrogen) atoms. The van der Waals surface area contributed by atoms with Gasteiger partial charge in [-0.15, -0.1) is 0 Å². The van der Waals surface area contributed by atoms with Crippen molar-refractivity contribution >= 4 is 17.3 Å². The van der Waals surface area contributed by atoms with Crippen LogP contribution in [0.2, 0.25) is 5.02 Å². The van der Waals surface area contributed by atoms with Gasteiger partial charge in [0.05, 0.1) is 10.7 Å². The van der Waals surface area contributed by atoms with E-state index in [0.717, 1.165) is 19.6 Å². The van der Waals surface area contributed by atoms with Gasteiger partial charge in [0.15, 0.2) is 0 Å². The average molecular weight is 245 g/mol. The molecular weight excluding hydrogens is 227 g/mol. The van der Waals surface area contributed by atoms with Crippen molar-refractivity contribution in [3.63, 3.8) is 0 Å². The van der Waals surface area contributed by atoms with Crippen molar-refractivity contribution in [2.45, 2.75) is 13.8 Å². The maximum atomic E-state index is 13.4. The van der Waals surface area contributed by atoms with Gasteiger partial charge >= 0.3 is 0 Å². The smallest absolute Gasteiger partial charge is 0.147 e. The summed E-state index contributed by atoms with van der Waals surface area (Å²) in [7, 11) is 0. The number of hydrogen-bond donors (Lipinski definition) is 1. The maximum Gasteiger partial charge on any atom is 0.147 e. The Morgan fingerprint density at radius 2 is 2.00 bits per heavy atom. The van der Waals surface area contributed by atoms with Crippen molar-refractivity contribution in [3.05, 3.63) is 29.0 Å². The maximum absolute atomic E-state index is 13.4. The van der Waals surface area contributed by atoms with Crippen LogP contribution in [-0.4, -0.2) is 31.1 Å². The third-order valence-electron chi connectivity index (χ3n) is 2.59. The van der Waals surface area contributed by atoms with Crippen LogP contribution in [0, 0.1) is 5.82 Å². The minimum Gasteiger partial charge on any atom is -0.380 e. The summed E-state index contributed by atoms with van der Waals surface area (Å²) in [4.78, 5) is 2.27. The van der Waals surface area contributed by atoms with Crippen LogP contribution in [-0.2, 0) is 0 Å². The highest BCUT2D eigenvalue weighted by Gasteiger charge is 2.06. The molecule has 0 saturated heterocycles. The molecule has 0 radical (unpaired) electrons. The van der Waals surface area contributed by atoms with Crippen LogP contribution >= 0.6 is 11.6 Å². The highest BCUT2D eigenvalue weighted by Crippen LogP contribution is 2.24. The summed E-state index contributed by atoms with van der Waals surface area (Å²) in [5.41, 5.74) is 0.399. The fraction of sp³-hybridized carbons (Fsp3) is 0.500. The second-order valence-electron chi connectivity index (χ2n) is 3.55. The number of halogens is 2. The SMILES string of the molecule is CCN(CC)CCNc1c(F)cccc1Cl. The Morgan fingerprint density at radius 1 is 1.31 bits per heavy atom. The van der Waals surface area contributed by atoms with Crippen molar-refractivity contribution < 1.29 is 4.39 Å². The molecule has 1 N–H and O–H groups in total. The molecule has 0 aliphatic carbocycles. The molecule has 0 amide bonds. The normalized spacial score (nSPS) is 10.8. The lowest BCUT2D eigenvalue weighted by Crippen LogP contribution is -2.28. The standard InChI is InChI=1S/C12H18ClFN2/c1-3-16(4-2)9-8-15-12-10(13)6-5-7-11(12)14/h5-7,15H,3-4,8-9H2,1-2H3. The van der Waals surface area contributed by atoms with Gasteiger partial charge in [0.1, 0.15) is 5.82 Å². The lowest BCUT2D eigenvalue weighted by molar-refractivity contribution is 0.316. The number of nitrogens with zero attached hydrogens (tertiary/aromatic N) is 1. The Morgan fingerprint density at radius 3 is 2.56 bits per heavy atom. The molecule has 2 nitrogen and oxygen atoms in total. The van der Waals surface area contributed by atoms with E-state index in [9.17, 15) is 4.39 Å². The van der Waals surface area contributed by atoms with Crippen LogP contribution in [0.15, 0.2) is 18.2 Å². The summed E-state index contributed by atoms with van der Waals surface area (Å²) in [6.07, 6.45) is 0. The fourth-order valence-electron chi connectivity index (χ4n) is 1.55. The number of para-hydroxylation sites is 1. The highest BCUT2D eigenvalue weighted by molar-refractivity contribution is 6.33. The molecule has 0 spiro atoms. The molecule has 1 aromatic rings. The first-order valence-electron chi connectivity index (χ1n) is 5.59. The molecule has 1 rings (SSSR count). The first kappa shape index (κ1) is 13.3. The summed E-state index contributed by atoms with van der Waals surface area (Å²) in [6, 6.07) is 4.70. The Labute approximate surface area is 101 Å². The Bertz CT molecular complexity index is 307. The van der Waals surface area contributed by atoms with Crippen LogP contribution in [0.3, 0.4) is 0 Å². The van der Waals surface area contributed by atoms with E-state index in [2.05, 4.69) is 24.1 Å². The molecular formula is C12H18ClFN2. The van der Waals surface area contributed by atoms with Gasteiger partial charge in [0, 0.05) is 13.1 Å². The third kappa shape index (κ3) is 3.65. The molecule has 4 heteroatoms. The highest BCUT2D eigenvalue weighted by atomic mass is 35.5. The fourth-order valence-corrected chi connectivity index (χ4v) is 1.78. The van der Waals surface area contributed by atoms with E-state index in [1.165, 1.54) is 6.07 Å². The summed E-state index contributed by atoms with van der Waals surface area (Å²) in [5.74, 6) is -0.299. The van der Waals surface area contributed by atoms with Gasteiger partial charge in [0.25, 0.3) is 0 Å². The predicted octanol–water partition coefficient (Wildman–Crippen LogP) is 3.23. The number of likely N-dealkylation sites (N-methyl/N-ethyl adjacent to an activating group) is 1.